The summed E-state index contributed by atoms with van der Waals surface area (Å²) in [6.07, 6.45) is 6.06. The summed E-state index contributed by atoms with van der Waals surface area (Å²) in [7, 11) is -2.01. The molecule has 0 bridgehead atoms. The number of pyridine rings is 1. The maximum atomic E-state index is 12.7. The first kappa shape index (κ1) is 18.5. The fourth-order valence-electron chi connectivity index (χ4n) is 3.01. The molecule has 0 spiro atoms. The van der Waals surface area contributed by atoms with E-state index in [1.165, 1.54) is 16.4 Å². The third kappa shape index (κ3) is 4.11. The predicted octanol–water partition coefficient (Wildman–Crippen LogP) is 2.18. The van der Waals surface area contributed by atoms with E-state index < -0.39 is 10.0 Å². The van der Waals surface area contributed by atoms with Crippen LogP contribution in [0.1, 0.15) is 28.8 Å². The standard InChI is InChI=1S/C19H23N3O3S/c1-21(15-10-16-8-11-20-12-9-16)26(24,25)18-6-4-17(5-7-18)19(23)22-13-2-3-14-22/h4-9,11-12H,2-3,10,13-15H2,1H3. The molecule has 1 fully saturated rings. The molecule has 7 heteroatoms. The molecule has 1 aliphatic heterocycles. The number of rotatable bonds is 6. The minimum Gasteiger partial charge on any atom is -0.339 e. The van der Waals surface area contributed by atoms with Gasteiger partial charge in [-0.25, -0.2) is 12.7 Å². The van der Waals surface area contributed by atoms with Gasteiger partial charge in [0.25, 0.3) is 5.91 Å². The van der Waals surface area contributed by atoms with Crippen LogP contribution >= 0.6 is 0 Å². The Balaban J connectivity index is 1.67. The Labute approximate surface area is 154 Å². The second-order valence-corrected chi connectivity index (χ2v) is 8.50. The van der Waals surface area contributed by atoms with Crippen LogP contribution in [0.15, 0.2) is 53.7 Å². The summed E-state index contributed by atoms with van der Waals surface area (Å²) in [5.41, 5.74) is 1.57. The highest BCUT2D eigenvalue weighted by Crippen LogP contribution is 2.18. The maximum absolute atomic E-state index is 12.7. The number of benzene rings is 1. The topological polar surface area (TPSA) is 70.6 Å². The van der Waals surface area contributed by atoms with Crippen LogP contribution in [0, 0.1) is 0 Å². The lowest BCUT2D eigenvalue weighted by Crippen LogP contribution is -2.29. The number of carbonyl (C=O) groups excluding carboxylic acids is 1. The molecule has 1 aliphatic rings. The van der Waals surface area contributed by atoms with Crippen molar-refractivity contribution in [1.82, 2.24) is 14.2 Å². The molecule has 0 saturated carbocycles. The molecule has 6 nitrogen and oxygen atoms in total. The van der Waals surface area contributed by atoms with Crippen LogP contribution < -0.4 is 0 Å². The Morgan fingerprint density at radius 3 is 2.31 bits per heavy atom. The summed E-state index contributed by atoms with van der Waals surface area (Å²) >= 11 is 0. The Bertz CT molecular complexity index is 845. The van der Waals surface area contributed by atoms with Gasteiger partial charge in [0.1, 0.15) is 0 Å². The molecule has 0 radical (unpaired) electrons. The van der Waals surface area contributed by atoms with Gasteiger partial charge in [0.05, 0.1) is 4.90 Å². The average Bonchev–Trinajstić information content (AvgIpc) is 3.21. The van der Waals surface area contributed by atoms with Crippen LogP contribution in [0.3, 0.4) is 0 Å². The van der Waals surface area contributed by atoms with Gasteiger partial charge in [-0.1, -0.05) is 0 Å². The summed E-state index contributed by atoms with van der Waals surface area (Å²) in [5, 5.41) is 0. The van der Waals surface area contributed by atoms with Crippen molar-refractivity contribution in [1.29, 1.82) is 0 Å². The highest BCUT2D eigenvalue weighted by atomic mass is 32.2. The third-order valence-electron chi connectivity index (χ3n) is 4.67. The number of aromatic nitrogens is 1. The smallest absolute Gasteiger partial charge is 0.253 e. The molecule has 0 aliphatic carbocycles. The minimum atomic E-state index is -3.58. The monoisotopic (exact) mass is 373 g/mol. The van der Waals surface area contributed by atoms with Gasteiger partial charge in [0.15, 0.2) is 0 Å². The lowest BCUT2D eigenvalue weighted by molar-refractivity contribution is 0.0792. The molecule has 0 N–H and O–H groups in total. The SMILES string of the molecule is CN(CCc1ccncc1)S(=O)(=O)c1ccc(C(=O)N2CCCC2)cc1. The molecule has 3 rings (SSSR count). The molecule has 2 aromatic rings. The lowest BCUT2D eigenvalue weighted by atomic mass is 10.2. The van der Waals surface area contributed by atoms with E-state index >= 15 is 0 Å². The quantitative estimate of drug-likeness (QED) is 0.778. The first-order valence-electron chi connectivity index (χ1n) is 8.73. The minimum absolute atomic E-state index is 0.0301. The molecule has 1 aromatic carbocycles. The van der Waals surface area contributed by atoms with E-state index in [0.717, 1.165) is 31.5 Å². The van der Waals surface area contributed by atoms with E-state index in [0.29, 0.717) is 18.5 Å². The van der Waals surface area contributed by atoms with E-state index in [9.17, 15) is 13.2 Å². The van der Waals surface area contributed by atoms with Crippen LogP contribution in [0.4, 0.5) is 0 Å². The second-order valence-electron chi connectivity index (χ2n) is 6.46. The highest BCUT2D eigenvalue weighted by Gasteiger charge is 2.23. The van der Waals surface area contributed by atoms with Crippen molar-refractivity contribution in [3.63, 3.8) is 0 Å². The Morgan fingerprint density at radius 2 is 1.69 bits per heavy atom. The van der Waals surface area contributed by atoms with Gasteiger partial charge in [-0.05, 0) is 61.2 Å². The summed E-state index contributed by atoms with van der Waals surface area (Å²) in [4.78, 5) is 18.3. The molecule has 0 unspecified atom stereocenters. The van der Waals surface area contributed by atoms with Crippen molar-refractivity contribution >= 4 is 15.9 Å². The largest absolute Gasteiger partial charge is 0.339 e. The summed E-state index contributed by atoms with van der Waals surface area (Å²) in [6.45, 7) is 1.92. The number of sulfonamides is 1. The van der Waals surface area contributed by atoms with Gasteiger partial charge in [-0.3, -0.25) is 9.78 Å². The van der Waals surface area contributed by atoms with Gasteiger partial charge in [0.2, 0.25) is 10.0 Å². The van der Waals surface area contributed by atoms with Crippen molar-refractivity contribution in [2.24, 2.45) is 0 Å². The Hall–Kier alpha value is -2.25. The van der Waals surface area contributed by atoms with Gasteiger partial charge in [-0.2, -0.15) is 0 Å². The fraction of sp³-hybridized carbons (Fsp3) is 0.368. The molecule has 1 aromatic heterocycles. The molecular formula is C19H23N3O3S. The van der Waals surface area contributed by atoms with Crippen LogP contribution in [0.5, 0.6) is 0 Å². The van der Waals surface area contributed by atoms with Crippen LogP contribution in [0.25, 0.3) is 0 Å². The van der Waals surface area contributed by atoms with E-state index in [1.54, 1.807) is 31.6 Å². The van der Waals surface area contributed by atoms with Gasteiger partial charge in [-0.15, -0.1) is 0 Å². The Kier molecular flexibility index (Phi) is 5.68. The van der Waals surface area contributed by atoms with Crippen LogP contribution in [0.2, 0.25) is 0 Å². The van der Waals surface area contributed by atoms with Crippen molar-refractivity contribution in [2.45, 2.75) is 24.2 Å². The van der Waals surface area contributed by atoms with Gasteiger partial charge in [0, 0.05) is 44.6 Å². The highest BCUT2D eigenvalue weighted by molar-refractivity contribution is 7.89. The van der Waals surface area contributed by atoms with Gasteiger partial charge < -0.3 is 4.90 Å². The normalized spacial score (nSPS) is 14.8. The molecule has 26 heavy (non-hydrogen) atoms. The zero-order chi connectivity index (χ0) is 18.6. The molecule has 1 saturated heterocycles. The zero-order valence-electron chi connectivity index (χ0n) is 14.8. The predicted molar refractivity (Wildman–Crippen MR) is 99.3 cm³/mol. The second kappa shape index (κ2) is 7.97. The van der Waals surface area contributed by atoms with Crippen LogP contribution in [-0.2, 0) is 16.4 Å². The number of likely N-dealkylation sites (N-methyl/N-ethyl adjacent to an activating group) is 1. The van der Waals surface area contributed by atoms with Crippen molar-refractivity contribution in [3.05, 3.63) is 59.9 Å². The van der Waals surface area contributed by atoms with E-state index in [2.05, 4.69) is 4.98 Å². The summed E-state index contributed by atoms with van der Waals surface area (Å²) in [6, 6.07) is 9.98. The number of amides is 1. The van der Waals surface area contributed by atoms with E-state index in [-0.39, 0.29) is 10.8 Å². The lowest BCUT2D eigenvalue weighted by Gasteiger charge is -2.18. The van der Waals surface area contributed by atoms with Crippen molar-refractivity contribution in [3.8, 4) is 0 Å². The average molecular weight is 373 g/mol. The van der Waals surface area contributed by atoms with Crippen molar-refractivity contribution < 1.29 is 13.2 Å². The number of hydrogen-bond donors (Lipinski definition) is 0. The molecule has 1 amide bonds. The Morgan fingerprint density at radius 1 is 1.08 bits per heavy atom. The number of hydrogen-bond acceptors (Lipinski definition) is 4. The molecular weight excluding hydrogens is 350 g/mol. The maximum Gasteiger partial charge on any atom is 0.253 e. The summed E-state index contributed by atoms with van der Waals surface area (Å²) in [5.74, 6) is -0.0301. The summed E-state index contributed by atoms with van der Waals surface area (Å²) < 4.78 is 26.8. The molecule has 0 atom stereocenters. The molecule has 2 heterocycles. The number of likely N-dealkylation sites (tertiary alicyclic amines) is 1. The fourth-order valence-corrected chi connectivity index (χ4v) is 4.18. The number of carbonyl (C=O) groups is 1. The first-order chi connectivity index (χ1) is 12.5. The zero-order valence-corrected chi connectivity index (χ0v) is 15.7. The molecule has 138 valence electrons. The number of nitrogens with zero attached hydrogens (tertiary/aromatic N) is 3. The van der Waals surface area contributed by atoms with Gasteiger partial charge >= 0.3 is 0 Å². The van der Waals surface area contributed by atoms with E-state index in [1.807, 2.05) is 17.0 Å². The van der Waals surface area contributed by atoms with Crippen molar-refractivity contribution in [2.75, 3.05) is 26.7 Å². The van der Waals surface area contributed by atoms with E-state index in [4.69, 9.17) is 0 Å². The first-order valence-corrected chi connectivity index (χ1v) is 10.2. The third-order valence-corrected chi connectivity index (χ3v) is 6.54. The van der Waals surface area contributed by atoms with Crippen LogP contribution in [-0.4, -0.2) is 55.2 Å².